The Kier molecular flexibility index (Phi) is 4.59. The second-order valence-electron chi connectivity index (χ2n) is 5.43. The van der Waals surface area contributed by atoms with Crippen molar-refractivity contribution in [2.24, 2.45) is 0 Å². The van der Waals surface area contributed by atoms with E-state index >= 15 is 0 Å². The molecular formula is C13H24N2O3. The summed E-state index contributed by atoms with van der Waals surface area (Å²) >= 11 is 0. The molecule has 2 aliphatic heterocycles. The second kappa shape index (κ2) is 5.99. The minimum absolute atomic E-state index is 0.146. The summed E-state index contributed by atoms with van der Waals surface area (Å²) in [6.45, 7) is 3.34. The van der Waals surface area contributed by atoms with E-state index in [1.54, 1.807) is 0 Å². The Morgan fingerprint density at radius 1 is 1.56 bits per heavy atom. The summed E-state index contributed by atoms with van der Waals surface area (Å²) in [5.41, 5.74) is -0.548. The molecule has 2 aliphatic rings. The van der Waals surface area contributed by atoms with Gasteiger partial charge >= 0.3 is 5.97 Å². The lowest BCUT2D eigenvalue weighted by molar-refractivity contribution is -0.151. The molecule has 2 atom stereocenters. The van der Waals surface area contributed by atoms with Crippen molar-refractivity contribution >= 4 is 5.97 Å². The number of nitrogens with zero attached hydrogens (tertiary/aromatic N) is 1. The highest BCUT2D eigenvalue weighted by molar-refractivity contribution is 5.81. The second-order valence-corrected chi connectivity index (χ2v) is 5.43. The maximum Gasteiger partial charge on any atom is 0.327 e. The highest BCUT2D eigenvalue weighted by Gasteiger charge is 2.42. The third kappa shape index (κ3) is 3.02. The van der Waals surface area contributed by atoms with Gasteiger partial charge in [-0.05, 0) is 39.3 Å². The first-order chi connectivity index (χ1) is 8.66. The summed E-state index contributed by atoms with van der Waals surface area (Å²) in [4.78, 5) is 14.3. The number of piperidine rings is 1. The Morgan fingerprint density at radius 2 is 2.39 bits per heavy atom. The SMILES string of the molecule is COC(=O)C1(NCC2CCCO2)CCCN(C)C1. The van der Waals surface area contributed by atoms with Gasteiger partial charge in [-0.15, -0.1) is 0 Å². The van der Waals surface area contributed by atoms with E-state index in [0.29, 0.717) is 6.54 Å². The van der Waals surface area contributed by atoms with E-state index in [9.17, 15) is 4.79 Å². The van der Waals surface area contributed by atoms with E-state index in [1.807, 2.05) is 7.05 Å². The van der Waals surface area contributed by atoms with Crippen LogP contribution in [-0.2, 0) is 14.3 Å². The van der Waals surface area contributed by atoms with Crippen molar-refractivity contribution in [3.63, 3.8) is 0 Å². The molecule has 0 aromatic heterocycles. The Hall–Kier alpha value is -0.650. The summed E-state index contributed by atoms with van der Waals surface area (Å²) in [6.07, 6.45) is 4.32. The predicted octanol–water partition coefficient (Wildman–Crippen LogP) is 0.392. The summed E-state index contributed by atoms with van der Waals surface area (Å²) in [7, 11) is 3.51. The first kappa shape index (κ1) is 13.8. The zero-order valence-electron chi connectivity index (χ0n) is 11.4. The standard InChI is InChI=1S/C13H24N2O3/c1-15-7-4-6-13(10-15,12(16)17-2)14-9-11-5-3-8-18-11/h11,14H,3-10H2,1-2H3. The molecule has 0 aromatic carbocycles. The van der Waals surface area contributed by atoms with Crippen molar-refractivity contribution < 1.29 is 14.3 Å². The van der Waals surface area contributed by atoms with Gasteiger partial charge < -0.3 is 14.4 Å². The lowest BCUT2D eigenvalue weighted by Gasteiger charge is -2.40. The molecule has 0 spiro atoms. The molecule has 2 saturated heterocycles. The van der Waals surface area contributed by atoms with Gasteiger partial charge in [-0.3, -0.25) is 10.1 Å². The largest absolute Gasteiger partial charge is 0.468 e. The number of carbonyl (C=O) groups excluding carboxylic acids is 1. The maximum absolute atomic E-state index is 12.1. The van der Waals surface area contributed by atoms with Crippen molar-refractivity contribution in [3.05, 3.63) is 0 Å². The molecule has 5 nitrogen and oxygen atoms in total. The van der Waals surface area contributed by atoms with E-state index < -0.39 is 5.54 Å². The van der Waals surface area contributed by atoms with Gasteiger partial charge in [0.05, 0.1) is 13.2 Å². The Labute approximate surface area is 109 Å². The van der Waals surface area contributed by atoms with Crippen LogP contribution in [0.2, 0.25) is 0 Å². The van der Waals surface area contributed by atoms with Crippen LogP contribution in [0.15, 0.2) is 0 Å². The van der Waals surface area contributed by atoms with Crippen molar-refractivity contribution in [1.29, 1.82) is 0 Å². The number of esters is 1. The zero-order chi connectivity index (χ0) is 13.0. The number of likely N-dealkylation sites (N-methyl/N-ethyl adjacent to an activating group) is 1. The van der Waals surface area contributed by atoms with Crippen LogP contribution in [0.1, 0.15) is 25.7 Å². The number of rotatable bonds is 4. The number of methoxy groups -OCH3 is 1. The zero-order valence-corrected chi connectivity index (χ0v) is 11.4. The molecule has 2 rings (SSSR count). The molecule has 0 radical (unpaired) electrons. The van der Waals surface area contributed by atoms with E-state index in [0.717, 1.165) is 45.4 Å². The fourth-order valence-electron chi connectivity index (χ4n) is 2.96. The fraction of sp³-hybridized carbons (Fsp3) is 0.923. The van der Waals surface area contributed by atoms with Crippen LogP contribution >= 0.6 is 0 Å². The summed E-state index contributed by atoms with van der Waals surface area (Å²) in [6, 6.07) is 0. The minimum Gasteiger partial charge on any atom is -0.468 e. The molecule has 5 heteroatoms. The van der Waals surface area contributed by atoms with Crippen LogP contribution in [0.4, 0.5) is 0 Å². The lowest BCUT2D eigenvalue weighted by atomic mass is 9.89. The van der Waals surface area contributed by atoms with Gasteiger partial charge in [0, 0.05) is 19.7 Å². The van der Waals surface area contributed by atoms with Gasteiger partial charge in [0.25, 0.3) is 0 Å². The van der Waals surface area contributed by atoms with Gasteiger partial charge in [-0.1, -0.05) is 0 Å². The molecule has 2 heterocycles. The topological polar surface area (TPSA) is 50.8 Å². The van der Waals surface area contributed by atoms with Crippen LogP contribution in [-0.4, -0.2) is 62.9 Å². The van der Waals surface area contributed by atoms with Crippen LogP contribution < -0.4 is 5.32 Å². The van der Waals surface area contributed by atoms with Gasteiger partial charge in [0.1, 0.15) is 5.54 Å². The molecule has 2 unspecified atom stereocenters. The number of carbonyl (C=O) groups is 1. The van der Waals surface area contributed by atoms with Crippen LogP contribution in [0.25, 0.3) is 0 Å². The first-order valence-corrected chi connectivity index (χ1v) is 6.80. The molecule has 2 fully saturated rings. The van der Waals surface area contributed by atoms with Crippen LogP contribution in [0.3, 0.4) is 0 Å². The molecule has 0 bridgehead atoms. The number of hydrogen-bond acceptors (Lipinski definition) is 5. The molecule has 0 amide bonds. The molecule has 18 heavy (non-hydrogen) atoms. The molecule has 0 aromatic rings. The van der Waals surface area contributed by atoms with Gasteiger partial charge in [0.2, 0.25) is 0 Å². The average Bonchev–Trinajstić information content (AvgIpc) is 2.88. The third-order valence-electron chi connectivity index (χ3n) is 3.95. The van der Waals surface area contributed by atoms with Gasteiger partial charge in [-0.2, -0.15) is 0 Å². The Bertz CT molecular complexity index is 292. The van der Waals surface area contributed by atoms with Gasteiger partial charge in [0.15, 0.2) is 0 Å². The van der Waals surface area contributed by atoms with E-state index in [2.05, 4.69) is 10.2 Å². The Balaban J connectivity index is 1.97. The maximum atomic E-state index is 12.1. The van der Waals surface area contributed by atoms with Crippen LogP contribution in [0, 0.1) is 0 Å². The fourth-order valence-corrected chi connectivity index (χ4v) is 2.96. The average molecular weight is 256 g/mol. The lowest BCUT2D eigenvalue weighted by Crippen LogP contribution is -2.62. The molecule has 0 aliphatic carbocycles. The number of likely N-dealkylation sites (tertiary alicyclic amines) is 1. The number of nitrogens with one attached hydrogen (secondary N) is 1. The van der Waals surface area contributed by atoms with E-state index in [1.165, 1.54) is 7.11 Å². The summed E-state index contributed by atoms with van der Waals surface area (Å²) < 4.78 is 10.6. The number of ether oxygens (including phenoxy) is 2. The molecular weight excluding hydrogens is 232 g/mol. The predicted molar refractivity (Wildman–Crippen MR) is 68.5 cm³/mol. The molecule has 1 N–H and O–H groups in total. The molecule has 104 valence electrons. The van der Waals surface area contributed by atoms with Crippen molar-refractivity contribution in [3.8, 4) is 0 Å². The highest BCUT2D eigenvalue weighted by atomic mass is 16.5. The summed E-state index contributed by atoms with van der Waals surface area (Å²) in [5, 5.41) is 3.42. The smallest absolute Gasteiger partial charge is 0.327 e. The number of hydrogen-bond donors (Lipinski definition) is 1. The monoisotopic (exact) mass is 256 g/mol. The van der Waals surface area contributed by atoms with Crippen molar-refractivity contribution in [2.45, 2.75) is 37.3 Å². The van der Waals surface area contributed by atoms with Crippen molar-refractivity contribution in [1.82, 2.24) is 10.2 Å². The first-order valence-electron chi connectivity index (χ1n) is 6.80. The normalized spacial score (nSPS) is 33.6. The third-order valence-corrected chi connectivity index (χ3v) is 3.95. The summed E-state index contributed by atoms with van der Waals surface area (Å²) in [5.74, 6) is -0.146. The van der Waals surface area contributed by atoms with E-state index in [4.69, 9.17) is 9.47 Å². The van der Waals surface area contributed by atoms with E-state index in [-0.39, 0.29) is 12.1 Å². The van der Waals surface area contributed by atoms with Gasteiger partial charge in [-0.25, -0.2) is 0 Å². The highest BCUT2D eigenvalue weighted by Crippen LogP contribution is 2.23. The molecule has 0 saturated carbocycles. The minimum atomic E-state index is -0.548. The quantitative estimate of drug-likeness (QED) is 0.738. The van der Waals surface area contributed by atoms with Crippen molar-refractivity contribution in [2.75, 3.05) is 40.4 Å². The van der Waals surface area contributed by atoms with Crippen LogP contribution in [0.5, 0.6) is 0 Å². The Morgan fingerprint density at radius 3 is 3.00 bits per heavy atom.